The Bertz CT molecular complexity index is 522. The molecule has 0 fully saturated rings. The van der Waals surface area contributed by atoms with Crippen molar-refractivity contribution in [3.05, 3.63) is 29.8 Å². The summed E-state index contributed by atoms with van der Waals surface area (Å²) in [5.74, 6) is -0.352. The second-order valence-corrected chi connectivity index (χ2v) is 3.13. The molecule has 0 atom stereocenters. The standard InChI is InChI=1S/C11H6F3N3O2/c12-11(13,14)19-10-3-1-8(2-4-10)7-18-17-9(5-15)6-16/h1-4H,7H2. The average molecular weight is 269 g/mol. The average Bonchev–Trinajstić information content (AvgIpc) is 2.35. The second kappa shape index (κ2) is 6.26. The van der Waals surface area contributed by atoms with E-state index in [2.05, 4.69) is 14.7 Å². The molecule has 5 nitrogen and oxygen atoms in total. The molecule has 1 aromatic rings. The van der Waals surface area contributed by atoms with Gasteiger partial charge < -0.3 is 9.57 Å². The monoisotopic (exact) mass is 269 g/mol. The molecule has 0 aliphatic carbocycles. The summed E-state index contributed by atoms with van der Waals surface area (Å²) in [6.07, 6.45) is -4.74. The smallest absolute Gasteiger partial charge is 0.406 e. The minimum atomic E-state index is -4.74. The highest BCUT2D eigenvalue weighted by atomic mass is 19.4. The van der Waals surface area contributed by atoms with Crippen molar-refractivity contribution >= 4 is 5.71 Å². The van der Waals surface area contributed by atoms with Crippen LogP contribution in [0.5, 0.6) is 5.75 Å². The number of ether oxygens (including phenoxy) is 1. The minimum absolute atomic E-state index is 0.0842. The fraction of sp³-hybridized carbons (Fsp3) is 0.182. The van der Waals surface area contributed by atoms with Gasteiger partial charge in [-0.1, -0.05) is 17.3 Å². The molecule has 98 valence electrons. The third-order valence-corrected chi connectivity index (χ3v) is 1.76. The number of hydrogen-bond acceptors (Lipinski definition) is 5. The summed E-state index contributed by atoms with van der Waals surface area (Å²) in [5.41, 5.74) is 0.0607. The maximum atomic E-state index is 11.9. The molecule has 0 radical (unpaired) electrons. The van der Waals surface area contributed by atoms with Crippen LogP contribution in [0.25, 0.3) is 0 Å². The van der Waals surface area contributed by atoms with Gasteiger partial charge in [-0.25, -0.2) is 0 Å². The van der Waals surface area contributed by atoms with E-state index in [0.29, 0.717) is 5.56 Å². The Labute approximate surface area is 106 Å². The lowest BCUT2D eigenvalue weighted by molar-refractivity contribution is -0.274. The highest BCUT2D eigenvalue weighted by molar-refractivity contribution is 6.09. The fourth-order valence-electron chi connectivity index (χ4n) is 1.02. The van der Waals surface area contributed by atoms with Crippen LogP contribution in [0.3, 0.4) is 0 Å². The molecule has 0 aliphatic heterocycles. The van der Waals surface area contributed by atoms with Crippen LogP contribution in [0.15, 0.2) is 29.4 Å². The Morgan fingerprint density at radius 1 is 1.16 bits per heavy atom. The van der Waals surface area contributed by atoms with Gasteiger partial charge in [-0.3, -0.25) is 0 Å². The van der Waals surface area contributed by atoms with E-state index in [1.807, 2.05) is 0 Å². The first-order valence-electron chi connectivity index (χ1n) is 4.79. The number of nitrogens with zero attached hydrogens (tertiary/aromatic N) is 3. The Kier molecular flexibility index (Phi) is 4.72. The number of hydrogen-bond donors (Lipinski definition) is 0. The summed E-state index contributed by atoms with van der Waals surface area (Å²) in [5, 5.41) is 19.9. The number of rotatable bonds is 4. The van der Waals surface area contributed by atoms with Crippen LogP contribution in [-0.4, -0.2) is 12.1 Å². The summed E-state index contributed by atoms with van der Waals surface area (Å²) in [6.45, 7) is -0.0842. The molecule has 0 aromatic heterocycles. The largest absolute Gasteiger partial charge is 0.573 e. The van der Waals surface area contributed by atoms with Gasteiger partial charge >= 0.3 is 6.36 Å². The molecule has 0 saturated carbocycles. The van der Waals surface area contributed by atoms with Gasteiger partial charge in [-0.15, -0.1) is 13.2 Å². The van der Waals surface area contributed by atoms with E-state index in [0.717, 1.165) is 12.1 Å². The van der Waals surface area contributed by atoms with Crippen molar-refractivity contribution in [2.24, 2.45) is 5.16 Å². The highest BCUT2D eigenvalue weighted by Crippen LogP contribution is 2.22. The molecule has 1 aromatic carbocycles. The van der Waals surface area contributed by atoms with Crippen molar-refractivity contribution < 1.29 is 22.7 Å². The van der Waals surface area contributed by atoms with Crippen LogP contribution in [0, 0.1) is 22.7 Å². The van der Waals surface area contributed by atoms with Crippen LogP contribution < -0.4 is 4.74 Å². The van der Waals surface area contributed by atoms with Gasteiger partial charge in [0.1, 0.15) is 24.5 Å². The van der Waals surface area contributed by atoms with Crippen LogP contribution in [0.1, 0.15) is 5.56 Å². The summed E-state index contributed by atoms with van der Waals surface area (Å²) in [7, 11) is 0. The topological polar surface area (TPSA) is 78.4 Å². The normalized spacial score (nSPS) is 9.95. The summed E-state index contributed by atoms with van der Waals surface area (Å²) in [6, 6.07) is 7.90. The first kappa shape index (κ1) is 14.3. The van der Waals surface area contributed by atoms with Gasteiger partial charge in [0.05, 0.1) is 0 Å². The molecular weight excluding hydrogens is 263 g/mol. The van der Waals surface area contributed by atoms with Crippen LogP contribution in [-0.2, 0) is 11.4 Å². The summed E-state index contributed by atoms with van der Waals surface area (Å²) < 4.78 is 39.3. The molecule has 0 aliphatic rings. The molecule has 1 rings (SSSR count). The number of alkyl halides is 3. The maximum Gasteiger partial charge on any atom is 0.573 e. The molecule has 0 amide bonds. The molecule has 0 heterocycles. The third-order valence-electron chi connectivity index (χ3n) is 1.76. The van der Waals surface area contributed by atoms with Crippen molar-refractivity contribution in [3.8, 4) is 17.9 Å². The van der Waals surface area contributed by atoms with Crippen molar-refractivity contribution in [1.82, 2.24) is 0 Å². The van der Waals surface area contributed by atoms with E-state index in [9.17, 15) is 13.2 Å². The van der Waals surface area contributed by atoms with Crippen molar-refractivity contribution in [2.75, 3.05) is 0 Å². The zero-order chi connectivity index (χ0) is 14.3. The highest BCUT2D eigenvalue weighted by Gasteiger charge is 2.30. The molecule has 0 unspecified atom stereocenters. The van der Waals surface area contributed by atoms with Gasteiger partial charge in [-0.05, 0) is 17.7 Å². The summed E-state index contributed by atoms with van der Waals surface area (Å²) in [4.78, 5) is 4.68. The lowest BCUT2D eigenvalue weighted by Crippen LogP contribution is -2.17. The van der Waals surface area contributed by atoms with Gasteiger partial charge in [-0.2, -0.15) is 10.5 Å². The van der Waals surface area contributed by atoms with Gasteiger partial charge in [0.25, 0.3) is 5.71 Å². The SMILES string of the molecule is N#CC(C#N)=NOCc1ccc(OC(F)(F)F)cc1. The van der Waals surface area contributed by atoms with Crippen LogP contribution in [0.2, 0.25) is 0 Å². The van der Waals surface area contributed by atoms with E-state index in [-0.39, 0.29) is 12.4 Å². The third kappa shape index (κ3) is 5.41. The number of oxime groups is 1. The molecule has 0 spiro atoms. The van der Waals surface area contributed by atoms with E-state index < -0.39 is 12.1 Å². The minimum Gasteiger partial charge on any atom is -0.406 e. The first-order chi connectivity index (χ1) is 8.94. The maximum absolute atomic E-state index is 11.9. The van der Waals surface area contributed by atoms with E-state index in [4.69, 9.17) is 10.5 Å². The van der Waals surface area contributed by atoms with E-state index in [1.165, 1.54) is 24.3 Å². The lowest BCUT2D eigenvalue weighted by Gasteiger charge is -2.08. The lowest BCUT2D eigenvalue weighted by atomic mass is 10.2. The fourth-order valence-corrected chi connectivity index (χ4v) is 1.02. The Balaban J connectivity index is 2.57. The van der Waals surface area contributed by atoms with Gasteiger partial charge in [0.15, 0.2) is 0 Å². The molecule has 8 heteroatoms. The van der Waals surface area contributed by atoms with Gasteiger partial charge in [0, 0.05) is 0 Å². The van der Waals surface area contributed by atoms with Gasteiger partial charge in [0.2, 0.25) is 0 Å². The number of halogens is 3. The van der Waals surface area contributed by atoms with Crippen molar-refractivity contribution in [1.29, 1.82) is 10.5 Å². The quantitative estimate of drug-likeness (QED) is 0.621. The predicted molar refractivity (Wildman–Crippen MR) is 56.6 cm³/mol. The molecule has 19 heavy (non-hydrogen) atoms. The molecular formula is C11H6F3N3O2. The Morgan fingerprint density at radius 3 is 2.21 bits per heavy atom. The number of nitriles is 2. The van der Waals surface area contributed by atoms with E-state index >= 15 is 0 Å². The number of benzene rings is 1. The zero-order valence-corrected chi connectivity index (χ0v) is 9.31. The zero-order valence-electron chi connectivity index (χ0n) is 9.31. The van der Waals surface area contributed by atoms with Crippen LogP contribution in [0.4, 0.5) is 13.2 Å². The van der Waals surface area contributed by atoms with Crippen LogP contribution >= 0.6 is 0 Å². The second-order valence-electron chi connectivity index (χ2n) is 3.13. The van der Waals surface area contributed by atoms with E-state index in [1.54, 1.807) is 0 Å². The predicted octanol–water partition coefficient (Wildman–Crippen LogP) is 2.50. The Hall–Kier alpha value is -2.74. The molecule has 0 bridgehead atoms. The first-order valence-corrected chi connectivity index (χ1v) is 4.79. The molecule has 0 N–H and O–H groups in total. The Morgan fingerprint density at radius 2 is 1.74 bits per heavy atom. The molecule has 0 saturated heterocycles. The van der Waals surface area contributed by atoms with Crippen molar-refractivity contribution in [3.63, 3.8) is 0 Å². The van der Waals surface area contributed by atoms with Crippen molar-refractivity contribution in [2.45, 2.75) is 13.0 Å². The summed E-state index contributed by atoms with van der Waals surface area (Å²) >= 11 is 0.